The van der Waals surface area contributed by atoms with Gasteiger partial charge in [0.2, 0.25) is 0 Å². The number of rotatable bonds is 2. The summed E-state index contributed by atoms with van der Waals surface area (Å²) in [5.74, 6) is 0. The number of allylic oxidation sites excluding steroid dienone is 3. The largest absolute Gasteiger partial charge is 0.157 e. The van der Waals surface area contributed by atoms with Crippen LogP contribution in [0.4, 0.5) is 0 Å². The van der Waals surface area contributed by atoms with Crippen molar-refractivity contribution in [3.8, 4) is 0 Å². The van der Waals surface area contributed by atoms with Gasteiger partial charge in [-0.15, -0.1) is 0 Å². The highest BCUT2D eigenvalue weighted by Gasteiger charge is 1.97. The van der Waals surface area contributed by atoms with E-state index in [0.29, 0.717) is 0 Å². The summed E-state index contributed by atoms with van der Waals surface area (Å²) >= 11 is 0. The van der Waals surface area contributed by atoms with E-state index in [0.717, 1.165) is 11.3 Å². The van der Waals surface area contributed by atoms with Gasteiger partial charge in [-0.3, -0.25) is 0 Å². The summed E-state index contributed by atoms with van der Waals surface area (Å²) < 4.78 is 0. The molecule has 0 unspecified atom stereocenters. The van der Waals surface area contributed by atoms with Crippen LogP contribution in [0, 0.1) is 0 Å². The molecule has 0 fully saturated rings. The van der Waals surface area contributed by atoms with E-state index in [9.17, 15) is 0 Å². The van der Waals surface area contributed by atoms with Crippen molar-refractivity contribution in [2.45, 2.75) is 13.8 Å². The second-order valence-electron chi connectivity index (χ2n) is 2.41. The van der Waals surface area contributed by atoms with Gasteiger partial charge in [-0.25, -0.2) is 0 Å². The zero-order valence-corrected chi connectivity index (χ0v) is 6.78. The van der Waals surface area contributed by atoms with E-state index in [1.54, 1.807) is 23.3 Å². The summed E-state index contributed by atoms with van der Waals surface area (Å²) in [5, 5.41) is 7.97. The minimum absolute atomic E-state index is 0.940. The fourth-order valence-electron chi connectivity index (χ4n) is 0.826. The zero-order valence-electron chi connectivity index (χ0n) is 6.78. The molecule has 1 heterocycles. The van der Waals surface area contributed by atoms with Gasteiger partial charge in [0.25, 0.3) is 0 Å². The van der Waals surface area contributed by atoms with Crippen molar-refractivity contribution in [3.63, 3.8) is 0 Å². The number of hydrogen-bond donors (Lipinski definition) is 0. The molecule has 0 saturated heterocycles. The first-order valence-corrected chi connectivity index (χ1v) is 3.42. The third-order valence-electron chi connectivity index (χ3n) is 1.34. The van der Waals surface area contributed by atoms with Crippen molar-refractivity contribution >= 4 is 5.70 Å². The van der Waals surface area contributed by atoms with Crippen molar-refractivity contribution in [3.05, 3.63) is 30.6 Å². The van der Waals surface area contributed by atoms with Crippen LogP contribution in [0.3, 0.4) is 0 Å². The van der Waals surface area contributed by atoms with Gasteiger partial charge in [-0.2, -0.15) is 15.0 Å². The lowest BCUT2D eigenvalue weighted by Gasteiger charge is -2.00. The third-order valence-corrected chi connectivity index (χ3v) is 1.34. The number of nitrogens with zero attached hydrogens (tertiary/aromatic N) is 3. The molecule has 0 amide bonds. The molecule has 1 aromatic heterocycles. The summed E-state index contributed by atoms with van der Waals surface area (Å²) in [6.07, 6.45) is 5.04. The first-order chi connectivity index (χ1) is 5.25. The summed E-state index contributed by atoms with van der Waals surface area (Å²) in [6, 6.07) is 0. The first-order valence-electron chi connectivity index (χ1n) is 3.42. The average Bonchev–Trinajstić information content (AvgIpc) is 2.40. The molecule has 3 heteroatoms. The molecule has 0 aliphatic carbocycles. The Balaban J connectivity index is 3.08. The molecule has 0 N–H and O–H groups in total. The highest BCUT2D eigenvalue weighted by Crippen LogP contribution is 2.07. The fourth-order valence-corrected chi connectivity index (χ4v) is 0.826. The molecule has 3 nitrogen and oxygen atoms in total. The predicted octanol–water partition coefficient (Wildman–Crippen LogP) is 1.71. The third kappa shape index (κ3) is 1.55. The second-order valence-corrected chi connectivity index (χ2v) is 2.41. The molecule has 0 aliphatic heterocycles. The van der Waals surface area contributed by atoms with E-state index in [2.05, 4.69) is 16.8 Å². The molecule has 11 heavy (non-hydrogen) atoms. The maximum absolute atomic E-state index is 3.99. The standard InChI is InChI=1S/C8H11N3/c1-4-8(7(2)3)11-9-5-6-10-11/h4-6H,1H2,2-3H3. The van der Waals surface area contributed by atoms with E-state index in [1.165, 1.54) is 0 Å². The SMILES string of the molecule is C=CC(=C(C)C)n1nccn1. The Morgan fingerprint density at radius 1 is 1.36 bits per heavy atom. The predicted molar refractivity (Wildman–Crippen MR) is 44.8 cm³/mol. The van der Waals surface area contributed by atoms with E-state index in [4.69, 9.17) is 0 Å². The van der Waals surface area contributed by atoms with Crippen LogP contribution < -0.4 is 0 Å². The highest BCUT2D eigenvalue weighted by atomic mass is 15.5. The van der Waals surface area contributed by atoms with Crippen LogP contribution in [0.1, 0.15) is 13.8 Å². The Bertz CT molecular complexity index is 266. The van der Waals surface area contributed by atoms with Crippen molar-refractivity contribution in [2.75, 3.05) is 0 Å². The molecule has 0 aliphatic rings. The Labute approximate surface area is 66.0 Å². The van der Waals surface area contributed by atoms with Gasteiger partial charge >= 0.3 is 0 Å². The van der Waals surface area contributed by atoms with Crippen LogP contribution in [0.2, 0.25) is 0 Å². The Morgan fingerprint density at radius 3 is 2.27 bits per heavy atom. The van der Waals surface area contributed by atoms with Crippen molar-refractivity contribution < 1.29 is 0 Å². The first kappa shape index (κ1) is 7.72. The molecule has 0 spiro atoms. The lowest BCUT2D eigenvalue weighted by Crippen LogP contribution is -2.00. The number of aromatic nitrogens is 3. The molecule has 0 aromatic carbocycles. The number of hydrogen-bond acceptors (Lipinski definition) is 2. The van der Waals surface area contributed by atoms with Crippen LogP contribution in [0.15, 0.2) is 30.6 Å². The van der Waals surface area contributed by atoms with Crippen molar-refractivity contribution in [2.24, 2.45) is 0 Å². The van der Waals surface area contributed by atoms with Crippen LogP contribution in [-0.4, -0.2) is 15.0 Å². The van der Waals surface area contributed by atoms with Gasteiger partial charge in [-0.05, 0) is 25.5 Å². The van der Waals surface area contributed by atoms with Gasteiger partial charge in [0.05, 0.1) is 18.1 Å². The summed E-state index contributed by atoms with van der Waals surface area (Å²) in [6.45, 7) is 7.68. The zero-order chi connectivity index (χ0) is 8.27. The second kappa shape index (κ2) is 3.14. The summed E-state index contributed by atoms with van der Waals surface area (Å²) in [7, 11) is 0. The van der Waals surface area contributed by atoms with E-state index >= 15 is 0 Å². The van der Waals surface area contributed by atoms with Gasteiger partial charge in [0.15, 0.2) is 0 Å². The molecule has 0 radical (unpaired) electrons. The molecule has 58 valence electrons. The van der Waals surface area contributed by atoms with Gasteiger partial charge < -0.3 is 0 Å². The quantitative estimate of drug-likeness (QED) is 0.599. The normalized spacial score (nSPS) is 9.27. The molecule has 0 saturated carbocycles. The minimum Gasteiger partial charge on any atom is -0.157 e. The van der Waals surface area contributed by atoms with Crippen LogP contribution in [0.5, 0.6) is 0 Å². The minimum atomic E-state index is 0.940. The molecular formula is C8H11N3. The molecular weight excluding hydrogens is 138 g/mol. The van der Waals surface area contributed by atoms with Gasteiger partial charge in [0, 0.05) is 0 Å². The van der Waals surface area contributed by atoms with Crippen LogP contribution in [-0.2, 0) is 0 Å². The van der Waals surface area contributed by atoms with Gasteiger partial charge in [0.1, 0.15) is 0 Å². The highest BCUT2D eigenvalue weighted by molar-refractivity contribution is 5.57. The molecule has 0 bridgehead atoms. The Kier molecular flexibility index (Phi) is 2.21. The summed E-state index contributed by atoms with van der Waals surface area (Å²) in [4.78, 5) is 1.56. The molecule has 1 aromatic rings. The van der Waals surface area contributed by atoms with E-state index in [-0.39, 0.29) is 0 Å². The van der Waals surface area contributed by atoms with Crippen LogP contribution in [0.25, 0.3) is 5.70 Å². The van der Waals surface area contributed by atoms with Crippen molar-refractivity contribution in [1.82, 2.24) is 15.0 Å². The molecule has 0 atom stereocenters. The van der Waals surface area contributed by atoms with E-state index < -0.39 is 0 Å². The topological polar surface area (TPSA) is 30.7 Å². The smallest absolute Gasteiger partial charge is 0.0837 e. The lowest BCUT2D eigenvalue weighted by atomic mass is 10.2. The van der Waals surface area contributed by atoms with Gasteiger partial charge in [-0.1, -0.05) is 6.58 Å². The lowest BCUT2D eigenvalue weighted by molar-refractivity contribution is 0.771. The van der Waals surface area contributed by atoms with Crippen molar-refractivity contribution in [1.29, 1.82) is 0 Å². The monoisotopic (exact) mass is 149 g/mol. The van der Waals surface area contributed by atoms with Crippen LogP contribution >= 0.6 is 0 Å². The molecule has 1 rings (SSSR count). The van der Waals surface area contributed by atoms with E-state index in [1.807, 2.05) is 13.8 Å². The Hall–Kier alpha value is -1.38. The Morgan fingerprint density at radius 2 is 1.91 bits per heavy atom. The maximum Gasteiger partial charge on any atom is 0.0837 e. The maximum atomic E-state index is 3.99. The fraction of sp³-hybridized carbons (Fsp3) is 0.250. The average molecular weight is 149 g/mol. The summed E-state index contributed by atoms with van der Waals surface area (Å²) in [5.41, 5.74) is 2.09.